The average molecular weight is 302 g/mol. The second kappa shape index (κ2) is 8.79. The molecule has 1 heterocycles. The van der Waals surface area contributed by atoms with Crippen molar-refractivity contribution in [2.24, 2.45) is 16.6 Å². The number of guanidine groups is 1. The zero-order valence-corrected chi connectivity index (χ0v) is 14.0. The zero-order valence-electron chi connectivity index (χ0n) is 14.0. The van der Waals surface area contributed by atoms with Crippen LogP contribution in [0, 0.1) is 5.92 Å². The van der Waals surface area contributed by atoms with Crippen molar-refractivity contribution in [3.63, 3.8) is 0 Å². The highest BCUT2D eigenvalue weighted by Gasteiger charge is 2.24. The van der Waals surface area contributed by atoms with E-state index in [1.807, 2.05) is 6.07 Å². The number of benzene rings is 1. The van der Waals surface area contributed by atoms with Gasteiger partial charge in [0.2, 0.25) is 0 Å². The molecule has 4 heteroatoms. The Kier molecular flexibility index (Phi) is 6.72. The van der Waals surface area contributed by atoms with Crippen LogP contribution in [0.1, 0.15) is 32.3 Å². The van der Waals surface area contributed by atoms with E-state index in [0.29, 0.717) is 17.9 Å². The Morgan fingerprint density at radius 2 is 2.14 bits per heavy atom. The lowest BCUT2D eigenvalue weighted by atomic mass is 10.1. The molecule has 0 amide bonds. The topological polar surface area (TPSA) is 53.6 Å². The standard InChI is InChI=1S/C18H30N4/c1-15(2)14-22-12-6-9-17(22)13-21-18(19)20-11-10-16-7-4-3-5-8-16/h3-5,7-8,15,17H,6,9-14H2,1-2H3,(H3,19,20,21)/t17-/m0/s1. The molecule has 2 rings (SSSR count). The summed E-state index contributed by atoms with van der Waals surface area (Å²) in [6.45, 7) is 8.58. The first-order valence-corrected chi connectivity index (χ1v) is 8.47. The molecule has 1 aromatic rings. The molecule has 0 unspecified atom stereocenters. The van der Waals surface area contributed by atoms with E-state index in [4.69, 9.17) is 5.73 Å². The van der Waals surface area contributed by atoms with Gasteiger partial charge in [-0.2, -0.15) is 0 Å². The Balaban J connectivity index is 1.70. The summed E-state index contributed by atoms with van der Waals surface area (Å²) in [6.07, 6.45) is 3.50. The minimum Gasteiger partial charge on any atom is -0.370 e. The third-order valence-electron chi connectivity index (χ3n) is 4.13. The molecule has 1 atom stereocenters. The first-order chi connectivity index (χ1) is 10.6. The van der Waals surface area contributed by atoms with Crippen molar-refractivity contribution in [1.29, 1.82) is 0 Å². The number of likely N-dealkylation sites (tertiary alicyclic amines) is 1. The number of aliphatic imine (C=N–C) groups is 1. The van der Waals surface area contributed by atoms with Crippen LogP contribution < -0.4 is 11.1 Å². The van der Waals surface area contributed by atoms with E-state index in [0.717, 1.165) is 19.5 Å². The third kappa shape index (κ3) is 5.68. The van der Waals surface area contributed by atoms with Crippen molar-refractivity contribution in [1.82, 2.24) is 10.2 Å². The Hall–Kier alpha value is -1.55. The highest BCUT2D eigenvalue weighted by atomic mass is 15.2. The van der Waals surface area contributed by atoms with Crippen LogP contribution in [0.4, 0.5) is 0 Å². The van der Waals surface area contributed by atoms with Crippen LogP contribution in [0.3, 0.4) is 0 Å². The fourth-order valence-electron chi connectivity index (χ4n) is 3.05. The van der Waals surface area contributed by atoms with Gasteiger partial charge < -0.3 is 11.1 Å². The Labute approximate surface area is 134 Å². The molecule has 1 aromatic carbocycles. The zero-order chi connectivity index (χ0) is 15.8. The van der Waals surface area contributed by atoms with E-state index in [-0.39, 0.29) is 0 Å². The van der Waals surface area contributed by atoms with Gasteiger partial charge in [-0.15, -0.1) is 0 Å². The molecule has 1 aliphatic heterocycles. The van der Waals surface area contributed by atoms with E-state index in [9.17, 15) is 0 Å². The van der Waals surface area contributed by atoms with Crippen molar-refractivity contribution in [3.05, 3.63) is 35.9 Å². The number of nitrogens with one attached hydrogen (secondary N) is 1. The minimum atomic E-state index is 0.567. The normalized spacial score (nSPS) is 19.8. The highest BCUT2D eigenvalue weighted by Crippen LogP contribution is 2.18. The summed E-state index contributed by atoms with van der Waals surface area (Å²) in [5, 5.41) is 3.22. The lowest BCUT2D eigenvalue weighted by Crippen LogP contribution is -2.37. The summed E-state index contributed by atoms with van der Waals surface area (Å²) in [6, 6.07) is 11.0. The van der Waals surface area contributed by atoms with Crippen molar-refractivity contribution in [3.8, 4) is 0 Å². The van der Waals surface area contributed by atoms with Crippen LogP contribution >= 0.6 is 0 Å². The lowest BCUT2D eigenvalue weighted by Gasteiger charge is -2.24. The third-order valence-corrected chi connectivity index (χ3v) is 4.13. The van der Waals surface area contributed by atoms with Gasteiger partial charge in [0.05, 0.1) is 6.54 Å². The number of nitrogens with two attached hydrogens (primary N) is 1. The lowest BCUT2D eigenvalue weighted by molar-refractivity contribution is 0.231. The second-order valence-corrected chi connectivity index (χ2v) is 6.57. The molecule has 4 nitrogen and oxygen atoms in total. The summed E-state index contributed by atoms with van der Waals surface area (Å²) in [7, 11) is 0. The van der Waals surface area contributed by atoms with Crippen LogP contribution in [0.5, 0.6) is 0 Å². The predicted molar refractivity (Wildman–Crippen MR) is 94.1 cm³/mol. The maximum absolute atomic E-state index is 5.98. The van der Waals surface area contributed by atoms with E-state index < -0.39 is 0 Å². The van der Waals surface area contributed by atoms with Crippen LogP contribution in [0.15, 0.2) is 35.3 Å². The number of nitrogens with zero attached hydrogens (tertiary/aromatic N) is 2. The molecule has 0 spiro atoms. The first-order valence-electron chi connectivity index (χ1n) is 8.47. The van der Waals surface area contributed by atoms with Gasteiger partial charge in [-0.05, 0) is 37.3 Å². The number of hydrogen-bond acceptors (Lipinski definition) is 2. The number of rotatable bonds is 7. The van der Waals surface area contributed by atoms with Gasteiger partial charge in [0.25, 0.3) is 0 Å². The van der Waals surface area contributed by atoms with Gasteiger partial charge in [0.15, 0.2) is 5.96 Å². The van der Waals surface area contributed by atoms with Gasteiger partial charge in [-0.1, -0.05) is 44.2 Å². The molecule has 22 heavy (non-hydrogen) atoms. The van der Waals surface area contributed by atoms with Gasteiger partial charge in [0.1, 0.15) is 0 Å². The van der Waals surface area contributed by atoms with E-state index in [1.165, 1.54) is 31.5 Å². The molecular weight excluding hydrogens is 272 g/mol. The average Bonchev–Trinajstić information content (AvgIpc) is 2.93. The maximum atomic E-state index is 5.98. The SMILES string of the molecule is CC(C)CN1CCC[C@H]1CN=C(N)NCCc1ccccc1. The predicted octanol–water partition coefficient (Wildman–Crippen LogP) is 2.25. The molecule has 1 aliphatic rings. The van der Waals surface area contributed by atoms with E-state index in [2.05, 4.69) is 53.3 Å². The van der Waals surface area contributed by atoms with Crippen LogP contribution in [0.2, 0.25) is 0 Å². The summed E-state index contributed by atoms with van der Waals surface area (Å²) in [5.41, 5.74) is 7.30. The highest BCUT2D eigenvalue weighted by molar-refractivity contribution is 5.77. The fourth-order valence-corrected chi connectivity index (χ4v) is 3.05. The summed E-state index contributed by atoms with van der Waals surface area (Å²) >= 11 is 0. The van der Waals surface area contributed by atoms with Gasteiger partial charge >= 0.3 is 0 Å². The van der Waals surface area contributed by atoms with Gasteiger partial charge in [0, 0.05) is 19.1 Å². The molecular formula is C18H30N4. The van der Waals surface area contributed by atoms with Crippen molar-refractivity contribution in [2.75, 3.05) is 26.2 Å². The van der Waals surface area contributed by atoms with Crippen molar-refractivity contribution >= 4 is 5.96 Å². The smallest absolute Gasteiger partial charge is 0.188 e. The molecule has 3 N–H and O–H groups in total. The van der Waals surface area contributed by atoms with Crippen molar-refractivity contribution in [2.45, 2.75) is 39.2 Å². The maximum Gasteiger partial charge on any atom is 0.188 e. The summed E-state index contributed by atoms with van der Waals surface area (Å²) < 4.78 is 0. The number of hydrogen-bond donors (Lipinski definition) is 2. The van der Waals surface area contributed by atoms with Crippen LogP contribution in [0.25, 0.3) is 0 Å². The van der Waals surface area contributed by atoms with E-state index in [1.54, 1.807) is 0 Å². The molecule has 0 aliphatic carbocycles. The quantitative estimate of drug-likeness (QED) is 0.600. The summed E-state index contributed by atoms with van der Waals surface area (Å²) in [4.78, 5) is 7.10. The largest absolute Gasteiger partial charge is 0.370 e. The molecule has 0 saturated carbocycles. The first kappa shape index (κ1) is 16.8. The second-order valence-electron chi connectivity index (χ2n) is 6.57. The van der Waals surface area contributed by atoms with Gasteiger partial charge in [-0.25, -0.2) is 0 Å². The Morgan fingerprint density at radius 3 is 2.86 bits per heavy atom. The van der Waals surface area contributed by atoms with Gasteiger partial charge in [-0.3, -0.25) is 9.89 Å². The van der Waals surface area contributed by atoms with Crippen LogP contribution in [-0.4, -0.2) is 43.1 Å². The molecule has 0 aromatic heterocycles. The molecule has 1 saturated heterocycles. The Morgan fingerprint density at radius 1 is 1.36 bits per heavy atom. The molecule has 122 valence electrons. The van der Waals surface area contributed by atoms with E-state index >= 15 is 0 Å². The summed E-state index contributed by atoms with van der Waals surface area (Å²) in [5.74, 6) is 1.29. The monoisotopic (exact) mass is 302 g/mol. The molecule has 0 radical (unpaired) electrons. The molecule has 1 fully saturated rings. The minimum absolute atomic E-state index is 0.567. The fraction of sp³-hybridized carbons (Fsp3) is 0.611. The van der Waals surface area contributed by atoms with Crippen LogP contribution in [-0.2, 0) is 6.42 Å². The van der Waals surface area contributed by atoms with Crippen molar-refractivity contribution < 1.29 is 0 Å². The molecule has 0 bridgehead atoms. The Bertz CT molecular complexity index is 455.